The van der Waals surface area contributed by atoms with Gasteiger partial charge in [-0.25, -0.2) is 4.79 Å². The van der Waals surface area contributed by atoms with Gasteiger partial charge in [-0.1, -0.05) is 12.2 Å². The number of methoxy groups -OCH3 is 1. The second kappa shape index (κ2) is 7.44. The zero-order chi connectivity index (χ0) is 14.4. The Kier molecular flexibility index (Phi) is 5.60. The molecule has 1 N–H and O–H groups in total. The number of allylic oxidation sites excluding steroid dienone is 5. The molecule has 3 nitrogen and oxygen atoms in total. The molecular weight excluding hydrogens is 252 g/mol. The average Bonchev–Trinajstić information content (AvgIpc) is 2.49. The van der Waals surface area contributed by atoms with E-state index in [0.29, 0.717) is 5.57 Å². The van der Waals surface area contributed by atoms with Gasteiger partial charge in [-0.2, -0.15) is 0 Å². The molecule has 110 valence electrons. The van der Waals surface area contributed by atoms with Gasteiger partial charge in [0.25, 0.3) is 0 Å². The molecule has 0 fully saturated rings. The third-order valence-corrected chi connectivity index (χ3v) is 4.07. The monoisotopic (exact) mass is 276 g/mol. The highest BCUT2D eigenvalue weighted by Crippen LogP contribution is 2.35. The molecule has 0 aromatic carbocycles. The Morgan fingerprint density at radius 3 is 2.00 bits per heavy atom. The Morgan fingerprint density at radius 1 is 1.10 bits per heavy atom. The molecule has 0 unspecified atom stereocenters. The summed E-state index contributed by atoms with van der Waals surface area (Å²) in [6, 6.07) is 0. The zero-order valence-corrected chi connectivity index (χ0v) is 12.3. The fraction of sp³-hybridized carbons (Fsp3) is 0.588. The molecule has 0 atom stereocenters. The number of hydrogen-bond donors (Lipinski definition) is 1. The molecule has 3 heteroatoms. The van der Waals surface area contributed by atoms with E-state index in [9.17, 15) is 9.90 Å². The largest absolute Gasteiger partial charge is 0.478 e. The smallest absolute Gasteiger partial charge is 0.334 e. The summed E-state index contributed by atoms with van der Waals surface area (Å²) in [7, 11) is 1.56. The lowest BCUT2D eigenvalue weighted by atomic mass is 9.82. The minimum atomic E-state index is -0.847. The molecule has 2 aliphatic rings. The first kappa shape index (κ1) is 15.0. The van der Waals surface area contributed by atoms with Crippen molar-refractivity contribution in [3.63, 3.8) is 0 Å². The lowest BCUT2D eigenvalue weighted by molar-refractivity contribution is -0.133. The van der Waals surface area contributed by atoms with Crippen LogP contribution in [0, 0.1) is 0 Å². The van der Waals surface area contributed by atoms with Crippen molar-refractivity contribution < 1.29 is 14.6 Å². The number of rotatable bonds is 5. The van der Waals surface area contributed by atoms with Crippen molar-refractivity contribution in [2.45, 2.75) is 51.4 Å². The van der Waals surface area contributed by atoms with Crippen molar-refractivity contribution in [2.24, 2.45) is 0 Å². The van der Waals surface area contributed by atoms with Gasteiger partial charge >= 0.3 is 5.97 Å². The van der Waals surface area contributed by atoms with E-state index in [1.165, 1.54) is 24.0 Å². The second-order valence-corrected chi connectivity index (χ2v) is 5.54. The van der Waals surface area contributed by atoms with E-state index in [4.69, 9.17) is 4.74 Å². The minimum absolute atomic E-state index is 0.180. The number of ether oxygens (including phenoxy) is 1. The molecule has 2 aliphatic carbocycles. The summed E-state index contributed by atoms with van der Waals surface area (Å²) in [6.45, 7) is 0.180. The standard InChI is InChI=1S/C17H24O3/c1-20-12-15(17(18)19)16(13-8-4-2-5-9-13)14-10-6-3-7-11-14/h8,10H,2-7,9,11-12H2,1H3,(H,18,19). The fourth-order valence-electron chi connectivity index (χ4n) is 3.11. The van der Waals surface area contributed by atoms with Gasteiger partial charge in [0, 0.05) is 7.11 Å². The van der Waals surface area contributed by atoms with Crippen molar-refractivity contribution in [1.29, 1.82) is 0 Å². The molecule has 0 radical (unpaired) electrons. The van der Waals surface area contributed by atoms with Gasteiger partial charge in [0.15, 0.2) is 0 Å². The average molecular weight is 276 g/mol. The van der Waals surface area contributed by atoms with Crippen LogP contribution in [0.4, 0.5) is 0 Å². The summed E-state index contributed by atoms with van der Waals surface area (Å²) < 4.78 is 5.13. The van der Waals surface area contributed by atoms with Crippen LogP contribution in [-0.2, 0) is 9.53 Å². The zero-order valence-electron chi connectivity index (χ0n) is 12.3. The predicted molar refractivity (Wildman–Crippen MR) is 79.6 cm³/mol. The Balaban J connectivity index is 2.46. The first-order valence-electron chi connectivity index (χ1n) is 7.58. The molecule has 0 saturated heterocycles. The van der Waals surface area contributed by atoms with Gasteiger partial charge in [-0.3, -0.25) is 0 Å². The van der Waals surface area contributed by atoms with Gasteiger partial charge in [0.1, 0.15) is 0 Å². The summed E-state index contributed by atoms with van der Waals surface area (Å²) >= 11 is 0. The molecule has 0 aromatic rings. The Bertz CT molecular complexity index is 427. The molecular formula is C17H24O3. The van der Waals surface area contributed by atoms with Crippen LogP contribution in [0.2, 0.25) is 0 Å². The highest BCUT2D eigenvalue weighted by atomic mass is 16.5. The third-order valence-electron chi connectivity index (χ3n) is 4.07. The van der Waals surface area contributed by atoms with E-state index >= 15 is 0 Å². The topological polar surface area (TPSA) is 46.5 Å². The van der Waals surface area contributed by atoms with E-state index in [0.717, 1.165) is 44.1 Å². The van der Waals surface area contributed by atoms with Gasteiger partial charge in [0.05, 0.1) is 12.2 Å². The number of carboxylic acid groups (broad SMARTS) is 1. The van der Waals surface area contributed by atoms with Crippen LogP contribution in [0.1, 0.15) is 51.4 Å². The molecule has 0 spiro atoms. The molecule has 0 heterocycles. The number of carboxylic acids is 1. The van der Waals surface area contributed by atoms with E-state index in [1.54, 1.807) is 7.11 Å². The van der Waals surface area contributed by atoms with Gasteiger partial charge in [0.2, 0.25) is 0 Å². The predicted octanol–water partition coefficient (Wildman–Crippen LogP) is 4.01. The van der Waals surface area contributed by atoms with Gasteiger partial charge in [-0.05, 0) is 68.1 Å². The van der Waals surface area contributed by atoms with Gasteiger partial charge in [-0.15, -0.1) is 0 Å². The quantitative estimate of drug-likeness (QED) is 0.772. The number of hydrogen-bond acceptors (Lipinski definition) is 2. The molecule has 20 heavy (non-hydrogen) atoms. The molecule has 0 saturated carbocycles. The Labute approximate surface area is 121 Å². The van der Waals surface area contributed by atoms with E-state index < -0.39 is 5.97 Å². The minimum Gasteiger partial charge on any atom is -0.478 e. The highest BCUT2D eigenvalue weighted by molar-refractivity contribution is 5.90. The van der Waals surface area contributed by atoms with Crippen LogP contribution < -0.4 is 0 Å². The summed E-state index contributed by atoms with van der Waals surface area (Å²) in [5.74, 6) is -0.847. The molecule has 0 bridgehead atoms. The maximum Gasteiger partial charge on any atom is 0.334 e. The van der Waals surface area contributed by atoms with Crippen LogP contribution in [0.15, 0.2) is 34.4 Å². The van der Waals surface area contributed by atoms with Crippen LogP contribution in [0.5, 0.6) is 0 Å². The maximum absolute atomic E-state index is 11.6. The normalized spacial score (nSPS) is 19.1. The van der Waals surface area contributed by atoms with Crippen molar-refractivity contribution in [3.8, 4) is 0 Å². The van der Waals surface area contributed by atoms with Crippen LogP contribution in [0.25, 0.3) is 0 Å². The van der Waals surface area contributed by atoms with Crippen molar-refractivity contribution in [1.82, 2.24) is 0 Å². The Hall–Kier alpha value is -1.35. The number of carbonyl (C=O) groups is 1. The number of aliphatic carboxylic acids is 1. The lowest BCUT2D eigenvalue weighted by Gasteiger charge is -2.23. The summed E-state index contributed by atoms with van der Waals surface area (Å²) in [5, 5.41) is 9.54. The van der Waals surface area contributed by atoms with E-state index in [1.807, 2.05) is 0 Å². The second-order valence-electron chi connectivity index (χ2n) is 5.54. The van der Waals surface area contributed by atoms with Crippen molar-refractivity contribution >= 4 is 5.97 Å². The molecule has 2 rings (SSSR count). The molecule has 0 aliphatic heterocycles. The van der Waals surface area contributed by atoms with Crippen molar-refractivity contribution in [3.05, 3.63) is 34.4 Å². The van der Waals surface area contributed by atoms with Crippen LogP contribution in [0.3, 0.4) is 0 Å². The third kappa shape index (κ3) is 3.60. The first-order valence-corrected chi connectivity index (χ1v) is 7.58. The van der Waals surface area contributed by atoms with E-state index in [2.05, 4.69) is 12.2 Å². The van der Waals surface area contributed by atoms with Crippen LogP contribution >= 0.6 is 0 Å². The molecule has 0 aromatic heterocycles. The summed E-state index contributed by atoms with van der Waals surface area (Å²) in [4.78, 5) is 11.6. The van der Waals surface area contributed by atoms with E-state index in [-0.39, 0.29) is 6.61 Å². The SMILES string of the molecule is COCC(C(=O)O)=C(C1=CCCCC1)C1=CCCCC1. The van der Waals surface area contributed by atoms with Crippen LogP contribution in [-0.4, -0.2) is 24.8 Å². The highest BCUT2D eigenvalue weighted by Gasteiger charge is 2.22. The lowest BCUT2D eigenvalue weighted by Crippen LogP contribution is -2.14. The molecule has 0 amide bonds. The summed E-state index contributed by atoms with van der Waals surface area (Å²) in [6.07, 6.45) is 13.3. The van der Waals surface area contributed by atoms with Gasteiger partial charge < -0.3 is 9.84 Å². The van der Waals surface area contributed by atoms with Crippen molar-refractivity contribution in [2.75, 3.05) is 13.7 Å². The fourth-order valence-corrected chi connectivity index (χ4v) is 3.11. The summed E-state index contributed by atoms with van der Waals surface area (Å²) in [5.41, 5.74) is 3.84. The maximum atomic E-state index is 11.6. The Morgan fingerprint density at radius 2 is 1.65 bits per heavy atom. The first-order chi connectivity index (χ1) is 9.74.